The summed E-state index contributed by atoms with van der Waals surface area (Å²) in [5.74, 6) is 0.629. The lowest BCUT2D eigenvalue weighted by atomic mass is 10.2. The average molecular weight is 284 g/mol. The topological polar surface area (TPSA) is 50.4 Å². The van der Waals surface area contributed by atoms with Crippen molar-refractivity contribution in [3.05, 3.63) is 54.1 Å². The molecule has 0 fully saturated rings. The van der Waals surface area contributed by atoms with Crippen LogP contribution in [-0.2, 0) is 4.79 Å². The molecule has 4 heteroatoms. The first kappa shape index (κ1) is 14.9. The van der Waals surface area contributed by atoms with Gasteiger partial charge < -0.3 is 15.4 Å². The van der Waals surface area contributed by atoms with Crippen LogP contribution in [0.25, 0.3) is 0 Å². The van der Waals surface area contributed by atoms with Crippen molar-refractivity contribution in [2.24, 2.45) is 0 Å². The van der Waals surface area contributed by atoms with Crippen LogP contribution in [0.2, 0.25) is 0 Å². The summed E-state index contributed by atoms with van der Waals surface area (Å²) < 4.78 is 5.31. The van der Waals surface area contributed by atoms with Gasteiger partial charge in [0.1, 0.15) is 11.8 Å². The zero-order chi connectivity index (χ0) is 15.2. The van der Waals surface area contributed by atoms with Gasteiger partial charge in [-0.1, -0.05) is 24.3 Å². The van der Waals surface area contributed by atoms with E-state index in [-0.39, 0.29) is 11.9 Å². The van der Waals surface area contributed by atoms with Gasteiger partial charge in [0, 0.05) is 5.69 Å². The zero-order valence-electron chi connectivity index (χ0n) is 12.5. The standard InChI is InChI=1S/C17H20N2O2/c1-12-9-10-16(21-3)15(11-12)18-13(2)17(20)19-14-7-5-4-6-8-14/h4-11,13,18H,1-3H3,(H,19,20)/t13-/m1/s1. The molecule has 110 valence electrons. The molecule has 2 aromatic rings. The van der Waals surface area contributed by atoms with Crippen molar-refractivity contribution in [1.29, 1.82) is 0 Å². The summed E-state index contributed by atoms with van der Waals surface area (Å²) in [6.45, 7) is 3.82. The van der Waals surface area contributed by atoms with Crippen LogP contribution in [0.1, 0.15) is 12.5 Å². The molecule has 0 aliphatic carbocycles. The van der Waals surface area contributed by atoms with Crippen LogP contribution in [0.5, 0.6) is 5.75 Å². The van der Waals surface area contributed by atoms with E-state index in [1.54, 1.807) is 7.11 Å². The number of methoxy groups -OCH3 is 1. The maximum absolute atomic E-state index is 12.2. The van der Waals surface area contributed by atoms with Gasteiger partial charge in [-0.25, -0.2) is 0 Å². The molecular formula is C17H20N2O2. The molecule has 0 saturated heterocycles. The predicted molar refractivity (Wildman–Crippen MR) is 85.9 cm³/mol. The van der Waals surface area contributed by atoms with Gasteiger partial charge in [-0.2, -0.15) is 0 Å². The van der Waals surface area contributed by atoms with Crippen LogP contribution in [0, 0.1) is 6.92 Å². The Morgan fingerprint density at radius 3 is 2.52 bits per heavy atom. The molecule has 1 amide bonds. The number of carbonyl (C=O) groups excluding carboxylic acids is 1. The molecule has 0 spiro atoms. The van der Waals surface area contributed by atoms with Crippen molar-refractivity contribution in [2.75, 3.05) is 17.7 Å². The first-order valence-corrected chi connectivity index (χ1v) is 6.87. The number of aryl methyl sites for hydroxylation is 1. The van der Waals surface area contributed by atoms with Gasteiger partial charge in [-0.05, 0) is 43.7 Å². The number of benzene rings is 2. The third-order valence-electron chi connectivity index (χ3n) is 3.16. The molecule has 2 aromatic carbocycles. The molecule has 1 atom stereocenters. The highest BCUT2D eigenvalue weighted by Gasteiger charge is 2.14. The SMILES string of the molecule is COc1ccc(C)cc1N[C@H](C)C(=O)Nc1ccccc1. The van der Waals surface area contributed by atoms with E-state index in [4.69, 9.17) is 4.74 Å². The number of ether oxygens (including phenoxy) is 1. The molecular weight excluding hydrogens is 264 g/mol. The van der Waals surface area contributed by atoms with Gasteiger partial charge in [-0.3, -0.25) is 4.79 Å². The van der Waals surface area contributed by atoms with Gasteiger partial charge in [0.25, 0.3) is 0 Å². The van der Waals surface area contributed by atoms with Gasteiger partial charge in [0.15, 0.2) is 0 Å². The predicted octanol–water partition coefficient (Wildman–Crippen LogP) is 3.44. The molecule has 0 saturated carbocycles. The molecule has 0 unspecified atom stereocenters. The van der Waals surface area contributed by atoms with Crippen LogP contribution in [0.15, 0.2) is 48.5 Å². The number of hydrogen-bond acceptors (Lipinski definition) is 3. The molecule has 0 heterocycles. The fourth-order valence-corrected chi connectivity index (χ4v) is 2.01. The Morgan fingerprint density at radius 2 is 1.86 bits per heavy atom. The minimum Gasteiger partial charge on any atom is -0.495 e. The Bertz CT molecular complexity index is 611. The Hall–Kier alpha value is -2.49. The maximum Gasteiger partial charge on any atom is 0.246 e. The summed E-state index contributed by atoms with van der Waals surface area (Å²) in [6, 6.07) is 14.9. The molecule has 2 N–H and O–H groups in total. The van der Waals surface area contributed by atoms with E-state index < -0.39 is 0 Å². The minimum atomic E-state index is -0.374. The number of hydrogen-bond donors (Lipinski definition) is 2. The van der Waals surface area contributed by atoms with E-state index in [0.29, 0.717) is 0 Å². The van der Waals surface area contributed by atoms with Crippen LogP contribution in [0.4, 0.5) is 11.4 Å². The highest BCUT2D eigenvalue weighted by atomic mass is 16.5. The highest BCUT2D eigenvalue weighted by Crippen LogP contribution is 2.26. The van der Waals surface area contributed by atoms with Crippen molar-refractivity contribution in [1.82, 2.24) is 0 Å². The summed E-state index contributed by atoms with van der Waals surface area (Å²) in [7, 11) is 1.62. The van der Waals surface area contributed by atoms with Crippen molar-refractivity contribution >= 4 is 17.3 Å². The van der Waals surface area contributed by atoms with Gasteiger partial charge in [0.05, 0.1) is 12.8 Å². The van der Waals surface area contributed by atoms with Crippen LogP contribution in [0.3, 0.4) is 0 Å². The molecule has 0 radical (unpaired) electrons. The highest BCUT2D eigenvalue weighted by molar-refractivity contribution is 5.96. The fraction of sp³-hybridized carbons (Fsp3) is 0.235. The minimum absolute atomic E-state index is 0.0928. The first-order chi connectivity index (χ1) is 10.1. The molecule has 21 heavy (non-hydrogen) atoms. The quantitative estimate of drug-likeness (QED) is 0.884. The Kier molecular flexibility index (Phi) is 4.82. The second kappa shape index (κ2) is 6.79. The largest absolute Gasteiger partial charge is 0.495 e. The number of amides is 1. The van der Waals surface area contributed by atoms with Gasteiger partial charge in [0.2, 0.25) is 5.91 Å². The maximum atomic E-state index is 12.2. The van der Waals surface area contributed by atoms with Crippen molar-refractivity contribution < 1.29 is 9.53 Å². The summed E-state index contributed by atoms with van der Waals surface area (Å²) in [4.78, 5) is 12.2. The van der Waals surface area contributed by atoms with E-state index in [0.717, 1.165) is 22.7 Å². The third kappa shape index (κ3) is 3.99. The van der Waals surface area contributed by atoms with E-state index in [1.807, 2.05) is 62.4 Å². The summed E-state index contributed by atoms with van der Waals surface area (Å²) in [5, 5.41) is 6.06. The molecule has 4 nitrogen and oxygen atoms in total. The lowest BCUT2D eigenvalue weighted by Gasteiger charge is -2.17. The van der Waals surface area contributed by atoms with E-state index in [2.05, 4.69) is 10.6 Å². The van der Waals surface area contributed by atoms with E-state index in [1.165, 1.54) is 0 Å². The number of carbonyl (C=O) groups is 1. The van der Waals surface area contributed by atoms with Crippen molar-refractivity contribution in [3.8, 4) is 5.75 Å². The number of rotatable bonds is 5. The summed E-state index contributed by atoms with van der Waals surface area (Å²) >= 11 is 0. The molecule has 0 aromatic heterocycles. The Labute approximate surface area is 125 Å². The zero-order valence-corrected chi connectivity index (χ0v) is 12.5. The Balaban J connectivity index is 2.05. The average Bonchev–Trinajstić information content (AvgIpc) is 2.48. The third-order valence-corrected chi connectivity index (χ3v) is 3.16. The molecule has 0 aliphatic rings. The monoisotopic (exact) mass is 284 g/mol. The van der Waals surface area contributed by atoms with Crippen molar-refractivity contribution in [3.63, 3.8) is 0 Å². The molecule has 2 rings (SSSR count). The number of para-hydroxylation sites is 1. The second-order valence-electron chi connectivity index (χ2n) is 4.93. The Morgan fingerprint density at radius 1 is 1.14 bits per heavy atom. The lowest BCUT2D eigenvalue weighted by Crippen LogP contribution is -2.32. The summed E-state index contributed by atoms with van der Waals surface area (Å²) in [5.41, 5.74) is 2.70. The van der Waals surface area contributed by atoms with Crippen LogP contribution in [-0.4, -0.2) is 19.1 Å². The molecule has 0 bridgehead atoms. The van der Waals surface area contributed by atoms with Crippen molar-refractivity contribution in [2.45, 2.75) is 19.9 Å². The first-order valence-electron chi connectivity index (χ1n) is 6.87. The summed E-state index contributed by atoms with van der Waals surface area (Å²) in [6.07, 6.45) is 0. The van der Waals surface area contributed by atoms with Crippen LogP contribution < -0.4 is 15.4 Å². The lowest BCUT2D eigenvalue weighted by molar-refractivity contribution is -0.116. The normalized spacial score (nSPS) is 11.6. The second-order valence-corrected chi connectivity index (χ2v) is 4.93. The van der Waals surface area contributed by atoms with Crippen LogP contribution >= 0.6 is 0 Å². The van der Waals surface area contributed by atoms with Gasteiger partial charge in [-0.15, -0.1) is 0 Å². The fourth-order valence-electron chi connectivity index (χ4n) is 2.01. The van der Waals surface area contributed by atoms with E-state index in [9.17, 15) is 4.79 Å². The van der Waals surface area contributed by atoms with E-state index >= 15 is 0 Å². The molecule has 0 aliphatic heterocycles. The number of nitrogens with one attached hydrogen (secondary N) is 2. The smallest absolute Gasteiger partial charge is 0.246 e. The number of anilines is 2. The van der Waals surface area contributed by atoms with Gasteiger partial charge >= 0.3 is 0 Å².